The lowest BCUT2D eigenvalue weighted by molar-refractivity contribution is 0.122. The predicted molar refractivity (Wildman–Crippen MR) is 79.5 cm³/mol. The van der Waals surface area contributed by atoms with Crippen molar-refractivity contribution in [3.8, 4) is 5.75 Å². The molecule has 0 saturated carbocycles. The van der Waals surface area contributed by atoms with Crippen molar-refractivity contribution in [3.63, 3.8) is 0 Å². The summed E-state index contributed by atoms with van der Waals surface area (Å²) in [5, 5.41) is 0. The van der Waals surface area contributed by atoms with Crippen molar-refractivity contribution in [2.24, 2.45) is 11.7 Å². The SMILES string of the molecule is COc1ccc(CCN2CC(CN)CCC2C)cc1. The fourth-order valence-electron chi connectivity index (χ4n) is 2.83. The van der Waals surface area contributed by atoms with Crippen molar-refractivity contribution in [3.05, 3.63) is 29.8 Å². The van der Waals surface area contributed by atoms with Crippen LogP contribution in [0.15, 0.2) is 24.3 Å². The highest BCUT2D eigenvalue weighted by atomic mass is 16.5. The van der Waals surface area contributed by atoms with E-state index >= 15 is 0 Å². The molecule has 1 heterocycles. The van der Waals surface area contributed by atoms with Crippen LogP contribution in [0.1, 0.15) is 25.3 Å². The molecule has 0 bridgehead atoms. The second-order valence-corrected chi connectivity index (χ2v) is 5.62. The number of hydrogen-bond donors (Lipinski definition) is 1. The zero-order valence-corrected chi connectivity index (χ0v) is 12.1. The second kappa shape index (κ2) is 6.92. The molecule has 0 aliphatic carbocycles. The number of rotatable bonds is 5. The van der Waals surface area contributed by atoms with Crippen molar-refractivity contribution in [2.75, 3.05) is 26.7 Å². The molecule has 0 amide bonds. The molecule has 3 heteroatoms. The van der Waals surface area contributed by atoms with Gasteiger partial charge >= 0.3 is 0 Å². The summed E-state index contributed by atoms with van der Waals surface area (Å²) in [4.78, 5) is 2.59. The van der Waals surface area contributed by atoms with Crippen LogP contribution >= 0.6 is 0 Å². The number of hydrogen-bond acceptors (Lipinski definition) is 3. The van der Waals surface area contributed by atoms with Crippen molar-refractivity contribution in [2.45, 2.75) is 32.2 Å². The topological polar surface area (TPSA) is 38.5 Å². The Morgan fingerprint density at radius 1 is 1.26 bits per heavy atom. The summed E-state index contributed by atoms with van der Waals surface area (Å²) in [6, 6.07) is 9.10. The summed E-state index contributed by atoms with van der Waals surface area (Å²) in [5.74, 6) is 1.62. The van der Waals surface area contributed by atoms with Crippen LogP contribution in [0.2, 0.25) is 0 Å². The molecular weight excluding hydrogens is 236 g/mol. The summed E-state index contributed by atoms with van der Waals surface area (Å²) in [6.45, 7) is 5.45. The van der Waals surface area contributed by atoms with Crippen molar-refractivity contribution < 1.29 is 4.74 Å². The van der Waals surface area contributed by atoms with E-state index in [9.17, 15) is 0 Å². The third-order valence-corrected chi connectivity index (χ3v) is 4.29. The van der Waals surface area contributed by atoms with Crippen LogP contribution in [0, 0.1) is 5.92 Å². The number of ether oxygens (including phenoxy) is 1. The van der Waals surface area contributed by atoms with E-state index in [1.54, 1.807) is 7.11 Å². The highest BCUT2D eigenvalue weighted by Gasteiger charge is 2.23. The maximum absolute atomic E-state index is 5.81. The van der Waals surface area contributed by atoms with Crippen molar-refractivity contribution in [1.82, 2.24) is 4.90 Å². The molecule has 0 aromatic heterocycles. The molecule has 1 aliphatic rings. The van der Waals surface area contributed by atoms with E-state index in [-0.39, 0.29) is 0 Å². The summed E-state index contributed by atoms with van der Waals surface area (Å²) in [5.41, 5.74) is 7.19. The molecular formula is C16H26N2O. The number of nitrogens with two attached hydrogens (primary N) is 1. The summed E-state index contributed by atoms with van der Waals surface area (Å²) in [7, 11) is 1.71. The van der Waals surface area contributed by atoms with Gasteiger partial charge in [0.1, 0.15) is 5.75 Å². The minimum absolute atomic E-state index is 0.687. The van der Waals surface area contributed by atoms with Crippen LogP contribution in [-0.2, 0) is 6.42 Å². The first-order valence-electron chi connectivity index (χ1n) is 7.30. The smallest absolute Gasteiger partial charge is 0.118 e. The fraction of sp³-hybridized carbons (Fsp3) is 0.625. The van der Waals surface area contributed by atoms with Gasteiger partial charge in [0.2, 0.25) is 0 Å². The first kappa shape index (κ1) is 14.4. The summed E-state index contributed by atoms with van der Waals surface area (Å²) >= 11 is 0. The molecule has 1 fully saturated rings. The van der Waals surface area contributed by atoms with E-state index in [1.807, 2.05) is 12.1 Å². The van der Waals surface area contributed by atoms with E-state index < -0.39 is 0 Å². The van der Waals surface area contributed by atoms with Crippen LogP contribution in [0.3, 0.4) is 0 Å². The molecule has 1 aromatic rings. The molecule has 106 valence electrons. The van der Waals surface area contributed by atoms with Crippen LogP contribution in [0.25, 0.3) is 0 Å². The highest BCUT2D eigenvalue weighted by Crippen LogP contribution is 2.21. The number of piperidine rings is 1. The van der Waals surface area contributed by atoms with E-state index in [1.165, 1.54) is 18.4 Å². The molecule has 2 unspecified atom stereocenters. The lowest BCUT2D eigenvalue weighted by Crippen LogP contribution is -2.44. The predicted octanol–water partition coefficient (Wildman–Crippen LogP) is 2.30. The van der Waals surface area contributed by atoms with Gasteiger partial charge in [0, 0.05) is 19.1 Å². The average Bonchev–Trinajstić information content (AvgIpc) is 2.47. The van der Waals surface area contributed by atoms with Crippen LogP contribution in [-0.4, -0.2) is 37.7 Å². The van der Waals surface area contributed by atoms with Gasteiger partial charge in [-0.15, -0.1) is 0 Å². The molecule has 19 heavy (non-hydrogen) atoms. The Morgan fingerprint density at radius 3 is 2.63 bits per heavy atom. The maximum atomic E-state index is 5.81. The number of likely N-dealkylation sites (tertiary alicyclic amines) is 1. The molecule has 1 aliphatic heterocycles. The van der Waals surface area contributed by atoms with Gasteiger partial charge < -0.3 is 15.4 Å². The van der Waals surface area contributed by atoms with Crippen LogP contribution in [0.4, 0.5) is 0 Å². The quantitative estimate of drug-likeness (QED) is 0.885. The maximum Gasteiger partial charge on any atom is 0.118 e. The Bertz CT molecular complexity index is 377. The fourth-order valence-corrected chi connectivity index (χ4v) is 2.83. The van der Waals surface area contributed by atoms with E-state index in [2.05, 4.69) is 24.0 Å². The van der Waals surface area contributed by atoms with Gasteiger partial charge in [0.15, 0.2) is 0 Å². The van der Waals surface area contributed by atoms with Crippen molar-refractivity contribution >= 4 is 0 Å². The zero-order chi connectivity index (χ0) is 13.7. The van der Waals surface area contributed by atoms with Gasteiger partial charge in [-0.25, -0.2) is 0 Å². The third-order valence-electron chi connectivity index (χ3n) is 4.29. The first-order chi connectivity index (χ1) is 9.22. The minimum atomic E-state index is 0.687. The van der Waals surface area contributed by atoms with E-state index in [0.29, 0.717) is 12.0 Å². The van der Waals surface area contributed by atoms with Gasteiger partial charge in [-0.2, -0.15) is 0 Å². The van der Waals surface area contributed by atoms with Gasteiger partial charge in [-0.05, 0) is 56.3 Å². The van der Waals surface area contributed by atoms with Gasteiger partial charge in [0.05, 0.1) is 7.11 Å². The number of benzene rings is 1. The normalized spacial score (nSPS) is 24.4. The Hall–Kier alpha value is -1.06. The van der Waals surface area contributed by atoms with Gasteiger partial charge in [-0.3, -0.25) is 0 Å². The largest absolute Gasteiger partial charge is 0.497 e. The van der Waals surface area contributed by atoms with Gasteiger partial charge in [-0.1, -0.05) is 12.1 Å². The van der Waals surface area contributed by atoms with Crippen LogP contribution < -0.4 is 10.5 Å². The Kier molecular flexibility index (Phi) is 5.23. The Balaban J connectivity index is 1.85. The summed E-state index contributed by atoms with van der Waals surface area (Å²) < 4.78 is 5.19. The lowest BCUT2D eigenvalue weighted by Gasteiger charge is -2.37. The Labute approximate surface area is 116 Å². The first-order valence-corrected chi connectivity index (χ1v) is 7.30. The van der Waals surface area contributed by atoms with Crippen molar-refractivity contribution in [1.29, 1.82) is 0 Å². The zero-order valence-electron chi connectivity index (χ0n) is 12.1. The molecule has 0 spiro atoms. The Morgan fingerprint density at radius 2 is 2.00 bits per heavy atom. The highest BCUT2D eigenvalue weighted by molar-refractivity contribution is 5.27. The molecule has 1 saturated heterocycles. The number of methoxy groups -OCH3 is 1. The minimum Gasteiger partial charge on any atom is -0.497 e. The molecule has 3 nitrogen and oxygen atoms in total. The van der Waals surface area contributed by atoms with E-state index in [4.69, 9.17) is 10.5 Å². The molecule has 2 N–H and O–H groups in total. The monoisotopic (exact) mass is 262 g/mol. The second-order valence-electron chi connectivity index (χ2n) is 5.62. The summed E-state index contributed by atoms with van der Waals surface area (Å²) in [6.07, 6.45) is 3.67. The van der Waals surface area contributed by atoms with Crippen LogP contribution in [0.5, 0.6) is 5.75 Å². The van der Waals surface area contributed by atoms with Gasteiger partial charge in [0.25, 0.3) is 0 Å². The average molecular weight is 262 g/mol. The molecule has 1 aromatic carbocycles. The molecule has 2 atom stereocenters. The lowest BCUT2D eigenvalue weighted by atomic mass is 9.93. The number of nitrogens with zero attached hydrogens (tertiary/aromatic N) is 1. The van der Waals surface area contributed by atoms with E-state index in [0.717, 1.165) is 31.8 Å². The third kappa shape index (κ3) is 3.95. The molecule has 0 radical (unpaired) electrons. The standard InChI is InChI=1S/C16H26N2O/c1-13-3-4-15(11-17)12-18(13)10-9-14-5-7-16(19-2)8-6-14/h5-8,13,15H,3-4,9-12,17H2,1-2H3. The molecule has 2 rings (SSSR count).